The van der Waals surface area contributed by atoms with Crippen LogP contribution in [0.25, 0.3) is 0 Å². The van der Waals surface area contributed by atoms with E-state index in [0.29, 0.717) is 12.1 Å². The van der Waals surface area contributed by atoms with E-state index >= 15 is 0 Å². The van der Waals surface area contributed by atoms with Crippen LogP contribution < -0.4 is 5.32 Å². The van der Waals surface area contributed by atoms with Crippen LogP contribution in [-0.2, 0) is 11.0 Å². The van der Waals surface area contributed by atoms with Crippen molar-refractivity contribution in [3.05, 3.63) is 42.0 Å². The molecule has 0 spiro atoms. The lowest BCUT2D eigenvalue weighted by atomic mass is 9.93. The molecule has 0 unspecified atom stereocenters. The van der Waals surface area contributed by atoms with E-state index < -0.39 is 11.7 Å². The van der Waals surface area contributed by atoms with Crippen LogP contribution in [0.3, 0.4) is 0 Å². The summed E-state index contributed by atoms with van der Waals surface area (Å²) in [5, 5.41) is 2.65. The molecule has 0 radical (unpaired) electrons. The van der Waals surface area contributed by atoms with Crippen LogP contribution in [0.15, 0.2) is 36.4 Å². The zero-order valence-corrected chi connectivity index (χ0v) is 10.2. The fourth-order valence-corrected chi connectivity index (χ4v) is 2.02. The number of halogens is 3. The number of hydrogen-bond donors (Lipinski definition) is 1. The van der Waals surface area contributed by atoms with Crippen molar-refractivity contribution in [3.8, 4) is 0 Å². The molecule has 1 N–H and O–H groups in total. The highest BCUT2D eigenvalue weighted by atomic mass is 19.4. The van der Waals surface area contributed by atoms with Gasteiger partial charge in [0.25, 0.3) is 0 Å². The van der Waals surface area contributed by atoms with Gasteiger partial charge in [0, 0.05) is 11.6 Å². The van der Waals surface area contributed by atoms with Gasteiger partial charge in [-0.25, -0.2) is 0 Å². The molecule has 1 aromatic rings. The topological polar surface area (TPSA) is 29.1 Å². The van der Waals surface area contributed by atoms with E-state index in [9.17, 15) is 18.0 Å². The lowest BCUT2D eigenvalue weighted by Gasteiger charge is -2.17. The number of benzene rings is 1. The average Bonchev–Trinajstić information content (AvgIpc) is 2.39. The Labute approximate surface area is 109 Å². The van der Waals surface area contributed by atoms with Crippen molar-refractivity contribution < 1.29 is 18.0 Å². The Bertz CT molecular complexity index is 476. The number of carbonyl (C=O) groups is 1. The minimum atomic E-state index is -4.35. The first-order valence-electron chi connectivity index (χ1n) is 6.10. The normalized spacial score (nSPS) is 19.2. The summed E-state index contributed by atoms with van der Waals surface area (Å²) >= 11 is 0. The molecule has 0 fully saturated rings. The van der Waals surface area contributed by atoms with Gasteiger partial charge in [-0.2, -0.15) is 13.2 Å². The van der Waals surface area contributed by atoms with Crippen LogP contribution in [0.1, 0.15) is 24.8 Å². The van der Waals surface area contributed by atoms with Gasteiger partial charge in [0.05, 0.1) is 5.56 Å². The van der Waals surface area contributed by atoms with E-state index in [4.69, 9.17) is 0 Å². The molecule has 0 saturated heterocycles. The lowest BCUT2D eigenvalue weighted by molar-refractivity contribution is -0.137. The molecule has 1 aliphatic rings. The number of rotatable bonds is 2. The summed E-state index contributed by atoms with van der Waals surface area (Å²) < 4.78 is 37.1. The van der Waals surface area contributed by atoms with Crippen molar-refractivity contribution in [2.75, 3.05) is 5.32 Å². The largest absolute Gasteiger partial charge is 0.416 e. The quantitative estimate of drug-likeness (QED) is 0.808. The number of amides is 1. The first-order valence-corrected chi connectivity index (χ1v) is 6.10. The number of carbonyl (C=O) groups excluding carboxylic acids is 1. The summed E-state index contributed by atoms with van der Waals surface area (Å²) in [5.41, 5.74) is -0.321. The van der Waals surface area contributed by atoms with Crippen molar-refractivity contribution in [2.45, 2.75) is 25.4 Å². The molecule has 1 aromatic carbocycles. The van der Waals surface area contributed by atoms with Crippen LogP contribution in [0.5, 0.6) is 0 Å². The Hall–Kier alpha value is -1.78. The van der Waals surface area contributed by atoms with Crippen molar-refractivity contribution in [1.82, 2.24) is 0 Å². The molecule has 2 nitrogen and oxygen atoms in total. The van der Waals surface area contributed by atoms with Gasteiger partial charge in [-0.3, -0.25) is 4.79 Å². The Morgan fingerprint density at radius 2 is 1.84 bits per heavy atom. The molecule has 102 valence electrons. The smallest absolute Gasteiger partial charge is 0.326 e. The van der Waals surface area contributed by atoms with Gasteiger partial charge in [-0.15, -0.1) is 0 Å². The first kappa shape index (κ1) is 13.6. The van der Waals surface area contributed by atoms with E-state index in [1.165, 1.54) is 12.1 Å². The second-order valence-corrected chi connectivity index (χ2v) is 4.55. The standard InChI is InChI=1S/C14H14F3NO/c15-14(16,17)11-6-8-12(9-7-11)18-13(19)10-4-2-1-3-5-10/h1-2,6-10H,3-5H2,(H,18,19)/t10-/m0/s1. The number of nitrogens with one attached hydrogen (secondary N) is 1. The minimum Gasteiger partial charge on any atom is -0.326 e. The highest BCUT2D eigenvalue weighted by Gasteiger charge is 2.30. The second-order valence-electron chi connectivity index (χ2n) is 4.55. The fraction of sp³-hybridized carbons (Fsp3) is 0.357. The second kappa shape index (κ2) is 5.47. The van der Waals surface area contributed by atoms with Gasteiger partial charge in [-0.1, -0.05) is 12.2 Å². The third-order valence-electron chi connectivity index (χ3n) is 3.12. The molecule has 0 saturated carbocycles. The van der Waals surface area contributed by atoms with E-state index in [1.54, 1.807) is 0 Å². The van der Waals surface area contributed by atoms with Gasteiger partial charge in [0.15, 0.2) is 0 Å². The van der Waals surface area contributed by atoms with Gasteiger partial charge < -0.3 is 5.32 Å². The van der Waals surface area contributed by atoms with Crippen LogP contribution in [0.2, 0.25) is 0 Å². The SMILES string of the molecule is O=C(Nc1ccc(C(F)(F)F)cc1)[C@H]1CC=CCC1. The summed E-state index contributed by atoms with van der Waals surface area (Å²) in [6.07, 6.45) is 1.97. The molecular formula is C14H14F3NO. The predicted octanol–water partition coefficient (Wildman–Crippen LogP) is 4.00. The highest BCUT2D eigenvalue weighted by Crippen LogP contribution is 2.30. The zero-order chi connectivity index (χ0) is 13.9. The molecule has 0 heterocycles. The monoisotopic (exact) mass is 269 g/mol. The Kier molecular flexibility index (Phi) is 3.93. The van der Waals surface area contributed by atoms with Crippen molar-refractivity contribution in [1.29, 1.82) is 0 Å². The molecule has 0 aromatic heterocycles. The van der Waals surface area contributed by atoms with Crippen LogP contribution >= 0.6 is 0 Å². The van der Waals surface area contributed by atoms with Crippen molar-refractivity contribution in [2.24, 2.45) is 5.92 Å². The van der Waals surface area contributed by atoms with Gasteiger partial charge >= 0.3 is 6.18 Å². The minimum absolute atomic E-state index is 0.0905. The van der Waals surface area contributed by atoms with E-state index in [1.807, 2.05) is 12.2 Å². The Morgan fingerprint density at radius 1 is 1.16 bits per heavy atom. The Morgan fingerprint density at radius 3 is 2.37 bits per heavy atom. The molecule has 0 aliphatic heterocycles. The maximum absolute atomic E-state index is 12.4. The van der Waals surface area contributed by atoms with Gasteiger partial charge in [0.2, 0.25) is 5.91 Å². The molecule has 1 amide bonds. The summed E-state index contributed by atoms with van der Waals surface area (Å²) in [6, 6.07) is 4.49. The third kappa shape index (κ3) is 3.59. The number of hydrogen-bond acceptors (Lipinski definition) is 1. The molecule has 19 heavy (non-hydrogen) atoms. The molecule has 1 aliphatic carbocycles. The number of anilines is 1. The number of allylic oxidation sites excluding steroid dienone is 2. The average molecular weight is 269 g/mol. The van der Waals surface area contributed by atoms with Crippen LogP contribution in [0, 0.1) is 5.92 Å². The summed E-state index contributed by atoms with van der Waals surface area (Å²) in [4.78, 5) is 11.9. The zero-order valence-electron chi connectivity index (χ0n) is 10.2. The maximum Gasteiger partial charge on any atom is 0.416 e. The van der Waals surface area contributed by atoms with Gasteiger partial charge in [-0.05, 0) is 43.5 Å². The van der Waals surface area contributed by atoms with Crippen LogP contribution in [0.4, 0.5) is 18.9 Å². The Balaban J connectivity index is 1.99. The van der Waals surface area contributed by atoms with Crippen molar-refractivity contribution in [3.63, 3.8) is 0 Å². The number of alkyl halides is 3. The fourth-order valence-electron chi connectivity index (χ4n) is 2.02. The highest BCUT2D eigenvalue weighted by molar-refractivity contribution is 5.92. The lowest BCUT2D eigenvalue weighted by Crippen LogP contribution is -2.23. The molecule has 2 rings (SSSR count). The summed E-state index contributed by atoms with van der Waals surface area (Å²) in [5.74, 6) is -0.226. The van der Waals surface area contributed by atoms with E-state index in [0.717, 1.165) is 25.0 Å². The van der Waals surface area contributed by atoms with Crippen LogP contribution in [-0.4, -0.2) is 5.91 Å². The maximum atomic E-state index is 12.4. The molecule has 0 bridgehead atoms. The predicted molar refractivity (Wildman–Crippen MR) is 66.6 cm³/mol. The summed E-state index contributed by atoms with van der Waals surface area (Å²) in [7, 11) is 0. The van der Waals surface area contributed by atoms with E-state index in [2.05, 4.69) is 5.32 Å². The molecular weight excluding hydrogens is 255 g/mol. The molecule has 5 heteroatoms. The van der Waals surface area contributed by atoms with E-state index in [-0.39, 0.29) is 11.8 Å². The first-order chi connectivity index (χ1) is 8.97. The molecule has 1 atom stereocenters. The third-order valence-corrected chi connectivity index (χ3v) is 3.12. The summed E-state index contributed by atoms with van der Waals surface area (Å²) in [6.45, 7) is 0. The van der Waals surface area contributed by atoms with Crippen molar-refractivity contribution >= 4 is 11.6 Å². The van der Waals surface area contributed by atoms with Gasteiger partial charge in [0.1, 0.15) is 0 Å².